The van der Waals surface area contributed by atoms with E-state index in [-0.39, 0.29) is 23.9 Å². The van der Waals surface area contributed by atoms with Crippen molar-refractivity contribution in [2.45, 2.75) is 40.7 Å². The molecule has 0 unspecified atom stereocenters. The maximum atomic E-state index is 12.6. The van der Waals surface area contributed by atoms with E-state index in [0.29, 0.717) is 22.6 Å². The number of hydrogen-bond donors (Lipinski definition) is 4. The molecule has 4 amide bonds. The van der Waals surface area contributed by atoms with Crippen LogP contribution in [-0.2, 0) is 4.79 Å². The number of hydrogen-bond acceptors (Lipinski definition) is 3. The van der Waals surface area contributed by atoms with Gasteiger partial charge in [0.1, 0.15) is 0 Å². The molecule has 0 aliphatic rings. The molecule has 7 heteroatoms. The summed E-state index contributed by atoms with van der Waals surface area (Å²) in [6.45, 7) is 9.20. The maximum Gasteiger partial charge on any atom is 0.319 e. The molecule has 29 heavy (non-hydrogen) atoms. The number of rotatable bonds is 5. The predicted octanol–water partition coefficient (Wildman–Crippen LogP) is 4.45. The molecule has 0 saturated carbocycles. The van der Waals surface area contributed by atoms with Crippen LogP contribution in [0.25, 0.3) is 0 Å². The van der Waals surface area contributed by atoms with Gasteiger partial charge >= 0.3 is 6.03 Å². The van der Waals surface area contributed by atoms with Crippen molar-refractivity contribution >= 4 is 34.9 Å². The van der Waals surface area contributed by atoms with Gasteiger partial charge in [-0.2, -0.15) is 0 Å². The van der Waals surface area contributed by atoms with Crippen molar-refractivity contribution in [1.29, 1.82) is 0 Å². The minimum Gasteiger partial charge on any atom is -0.336 e. The van der Waals surface area contributed by atoms with E-state index in [0.717, 1.165) is 0 Å². The molecular formula is C22H28N4O3. The van der Waals surface area contributed by atoms with E-state index in [9.17, 15) is 14.4 Å². The zero-order valence-corrected chi connectivity index (χ0v) is 17.4. The highest BCUT2D eigenvalue weighted by atomic mass is 16.2. The Balaban J connectivity index is 2.07. The maximum absolute atomic E-state index is 12.6. The van der Waals surface area contributed by atoms with Crippen molar-refractivity contribution in [3.63, 3.8) is 0 Å². The number of anilines is 3. The highest BCUT2D eigenvalue weighted by molar-refractivity contribution is 6.06. The van der Waals surface area contributed by atoms with Crippen molar-refractivity contribution in [3.05, 3.63) is 54.1 Å². The molecule has 7 nitrogen and oxygen atoms in total. The molecule has 2 aromatic rings. The third-order valence-corrected chi connectivity index (χ3v) is 3.86. The first-order chi connectivity index (χ1) is 13.5. The fourth-order valence-electron chi connectivity index (χ4n) is 2.36. The lowest BCUT2D eigenvalue weighted by atomic mass is 9.95. The minimum atomic E-state index is -0.534. The summed E-state index contributed by atoms with van der Waals surface area (Å²) in [6.07, 6.45) is 0. The Labute approximate surface area is 171 Å². The SMILES string of the molecule is CC(C)NC(=O)Nc1cccc(NC(=O)c2cccc(NC(=O)C(C)(C)C)c2)c1. The second-order valence-electron chi connectivity index (χ2n) is 8.07. The Morgan fingerprint density at radius 2 is 1.34 bits per heavy atom. The van der Waals surface area contributed by atoms with Crippen molar-refractivity contribution in [2.24, 2.45) is 5.41 Å². The van der Waals surface area contributed by atoms with Gasteiger partial charge in [0.15, 0.2) is 0 Å². The molecule has 0 spiro atoms. The lowest BCUT2D eigenvalue weighted by Gasteiger charge is -2.18. The van der Waals surface area contributed by atoms with E-state index in [1.807, 2.05) is 34.6 Å². The second-order valence-corrected chi connectivity index (χ2v) is 8.07. The van der Waals surface area contributed by atoms with Gasteiger partial charge in [-0.25, -0.2) is 4.79 Å². The number of urea groups is 1. The molecule has 0 aliphatic heterocycles. The van der Waals surface area contributed by atoms with Gasteiger partial charge in [0.05, 0.1) is 0 Å². The highest BCUT2D eigenvalue weighted by Gasteiger charge is 2.21. The normalized spacial score (nSPS) is 11.0. The number of nitrogens with one attached hydrogen (secondary N) is 4. The van der Waals surface area contributed by atoms with Crippen LogP contribution in [0.4, 0.5) is 21.9 Å². The Morgan fingerprint density at radius 3 is 1.93 bits per heavy atom. The smallest absolute Gasteiger partial charge is 0.319 e. The zero-order valence-electron chi connectivity index (χ0n) is 17.4. The van der Waals surface area contributed by atoms with Crippen LogP contribution in [-0.4, -0.2) is 23.9 Å². The predicted molar refractivity (Wildman–Crippen MR) is 116 cm³/mol. The van der Waals surface area contributed by atoms with Gasteiger partial charge in [-0.15, -0.1) is 0 Å². The molecule has 0 saturated heterocycles. The molecule has 154 valence electrons. The summed E-state index contributed by atoms with van der Waals surface area (Å²) in [4.78, 5) is 36.6. The lowest BCUT2D eigenvalue weighted by molar-refractivity contribution is -0.123. The van der Waals surface area contributed by atoms with Gasteiger partial charge in [0, 0.05) is 34.1 Å². The third-order valence-electron chi connectivity index (χ3n) is 3.86. The van der Waals surface area contributed by atoms with Crippen LogP contribution in [0.15, 0.2) is 48.5 Å². The molecule has 2 rings (SSSR count). The molecular weight excluding hydrogens is 368 g/mol. The van der Waals surface area contributed by atoms with Crippen LogP contribution in [0.1, 0.15) is 45.0 Å². The van der Waals surface area contributed by atoms with Gasteiger partial charge in [-0.1, -0.05) is 32.9 Å². The highest BCUT2D eigenvalue weighted by Crippen LogP contribution is 2.20. The molecule has 2 aromatic carbocycles. The summed E-state index contributed by atoms with van der Waals surface area (Å²) in [7, 11) is 0. The molecule has 0 fully saturated rings. The van der Waals surface area contributed by atoms with Gasteiger partial charge in [0.25, 0.3) is 5.91 Å². The standard InChI is InChI=1S/C22H28N4O3/c1-14(2)23-21(29)26-18-11-7-10-17(13-18)24-19(27)15-8-6-9-16(12-15)25-20(28)22(3,4)5/h6-14H,1-5H3,(H,24,27)(H,25,28)(H2,23,26,29). The largest absolute Gasteiger partial charge is 0.336 e. The lowest BCUT2D eigenvalue weighted by Crippen LogP contribution is -2.34. The van der Waals surface area contributed by atoms with Crippen molar-refractivity contribution in [2.75, 3.05) is 16.0 Å². The zero-order chi connectivity index (χ0) is 21.6. The first kappa shape index (κ1) is 21.9. The number of amides is 4. The monoisotopic (exact) mass is 396 g/mol. The summed E-state index contributed by atoms with van der Waals surface area (Å²) >= 11 is 0. The molecule has 0 aromatic heterocycles. The summed E-state index contributed by atoms with van der Waals surface area (Å²) in [5.41, 5.74) is 1.53. The summed E-state index contributed by atoms with van der Waals surface area (Å²) < 4.78 is 0. The number of carbonyl (C=O) groups excluding carboxylic acids is 3. The Hall–Kier alpha value is -3.35. The molecule has 0 heterocycles. The van der Waals surface area contributed by atoms with E-state index in [2.05, 4.69) is 21.3 Å². The summed E-state index contributed by atoms with van der Waals surface area (Å²) in [5, 5.41) is 11.1. The van der Waals surface area contributed by atoms with Gasteiger partial charge < -0.3 is 21.3 Å². The molecule has 0 radical (unpaired) electrons. The van der Waals surface area contributed by atoms with E-state index in [4.69, 9.17) is 0 Å². The van der Waals surface area contributed by atoms with Gasteiger partial charge in [-0.3, -0.25) is 9.59 Å². The molecule has 0 aliphatic carbocycles. The van der Waals surface area contributed by atoms with E-state index in [1.54, 1.807) is 48.5 Å². The van der Waals surface area contributed by atoms with Gasteiger partial charge in [-0.05, 0) is 50.2 Å². The molecule has 4 N–H and O–H groups in total. The Morgan fingerprint density at radius 1 is 0.793 bits per heavy atom. The first-order valence-corrected chi connectivity index (χ1v) is 9.45. The van der Waals surface area contributed by atoms with E-state index < -0.39 is 5.41 Å². The second kappa shape index (κ2) is 9.23. The van der Waals surface area contributed by atoms with Crippen LogP contribution in [0.3, 0.4) is 0 Å². The fraction of sp³-hybridized carbons (Fsp3) is 0.318. The van der Waals surface area contributed by atoms with Crippen LogP contribution >= 0.6 is 0 Å². The van der Waals surface area contributed by atoms with E-state index >= 15 is 0 Å². The Bertz CT molecular complexity index is 901. The number of carbonyl (C=O) groups is 3. The van der Waals surface area contributed by atoms with Gasteiger partial charge in [0.2, 0.25) is 5.91 Å². The summed E-state index contributed by atoms with van der Waals surface area (Å²) in [6, 6.07) is 13.3. The van der Waals surface area contributed by atoms with Crippen LogP contribution in [0.5, 0.6) is 0 Å². The van der Waals surface area contributed by atoms with E-state index in [1.165, 1.54) is 0 Å². The van der Waals surface area contributed by atoms with Crippen molar-refractivity contribution < 1.29 is 14.4 Å². The quantitative estimate of drug-likeness (QED) is 0.601. The number of benzene rings is 2. The average molecular weight is 396 g/mol. The fourth-order valence-corrected chi connectivity index (χ4v) is 2.36. The summed E-state index contributed by atoms with van der Waals surface area (Å²) in [5.74, 6) is -0.450. The minimum absolute atomic E-state index is 0.0175. The van der Waals surface area contributed by atoms with Crippen molar-refractivity contribution in [3.8, 4) is 0 Å². The third kappa shape index (κ3) is 6.95. The van der Waals surface area contributed by atoms with Crippen LogP contribution < -0.4 is 21.3 Å². The van der Waals surface area contributed by atoms with Crippen molar-refractivity contribution in [1.82, 2.24) is 5.32 Å². The average Bonchev–Trinajstić information content (AvgIpc) is 2.60. The van der Waals surface area contributed by atoms with Crippen LogP contribution in [0.2, 0.25) is 0 Å². The Kier molecular flexibility index (Phi) is 6.98. The first-order valence-electron chi connectivity index (χ1n) is 9.45. The molecule has 0 atom stereocenters. The molecule has 0 bridgehead atoms. The van der Waals surface area contributed by atoms with Crippen LogP contribution in [0, 0.1) is 5.41 Å². The topological polar surface area (TPSA) is 99.3 Å².